The molecule has 6 atom stereocenters. The fourth-order valence-corrected chi connectivity index (χ4v) is 5.50. The van der Waals surface area contributed by atoms with Gasteiger partial charge in [-0.1, -0.05) is 30.4 Å². The molecule has 1 saturated heterocycles. The molecule has 0 unspecified atom stereocenters. The van der Waals surface area contributed by atoms with Gasteiger partial charge in [-0.25, -0.2) is 0 Å². The highest BCUT2D eigenvalue weighted by atomic mass is 16.5. The average Bonchev–Trinajstić information content (AvgIpc) is 3.48. The Bertz CT molecular complexity index is 929. The Labute approximate surface area is 157 Å². The van der Waals surface area contributed by atoms with E-state index < -0.39 is 0 Å². The number of hydrogen-bond donors (Lipinski definition) is 0. The van der Waals surface area contributed by atoms with Gasteiger partial charge in [0.2, 0.25) is 11.8 Å². The topological polar surface area (TPSA) is 46.6 Å². The van der Waals surface area contributed by atoms with Gasteiger partial charge in [-0.05, 0) is 66.5 Å². The fourth-order valence-electron chi connectivity index (χ4n) is 5.50. The Balaban J connectivity index is 1.28. The van der Waals surface area contributed by atoms with Gasteiger partial charge in [0, 0.05) is 0 Å². The minimum atomic E-state index is -0.156. The highest BCUT2D eigenvalue weighted by Gasteiger charge is 2.67. The monoisotopic (exact) mass is 357 g/mol. The number of benzene rings is 2. The van der Waals surface area contributed by atoms with Crippen LogP contribution >= 0.6 is 0 Å². The molecule has 2 amide bonds. The van der Waals surface area contributed by atoms with Gasteiger partial charge in [0.05, 0.1) is 17.5 Å². The summed E-state index contributed by atoms with van der Waals surface area (Å²) in [6.07, 6.45) is 5.58. The Morgan fingerprint density at radius 2 is 1.30 bits per heavy atom. The molecule has 2 bridgehead atoms. The highest BCUT2D eigenvalue weighted by Crippen LogP contribution is 2.65. The second kappa shape index (κ2) is 5.32. The number of rotatable bonds is 3. The summed E-state index contributed by atoms with van der Waals surface area (Å²) < 4.78 is 5.81. The molecule has 27 heavy (non-hydrogen) atoms. The predicted octanol–water partition coefficient (Wildman–Crippen LogP) is 4.04. The number of anilines is 1. The first-order chi connectivity index (χ1) is 13.2. The number of para-hydroxylation sites is 1. The zero-order chi connectivity index (χ0) is 18.1. The number of imide groups is 1. The van der Waals surface area contributed by atoms with Crippen LogP contribution in [0.1, 0.15) is 6.42 Å². The Morgan fingerprint density at radius 1 is 0.741 bits per heavy atom. The number of nitrogens with zero attached hydrogens (tertiary/aromatic N) is 1. The van der Waals surface area contributed by atoms with Crippen molar-refractivity contribution in [3.8, 4) is 11.5 Å². The lowest BCUT2D eigenvalue weighted by Gasteiger charge is -2.37. The quantitative estimate of drug-likeness (QED) is 0.615. The van der Waals surface area contributed by atoms with Crippen molar-refractivity contribution in [2.24, 2.45) is 35.5 Å². The van der Waals surface area contributed by atoms with E-state index in [0.717, 1.165) is 5.75 Å². The molecule has 7 rings (SSSR count). The third-order valence-electron chi connectivity index (χ3n) is 6.74. The smallest absolute Gasteiger partial charge is 0.238 e. The first-order valence-electron chi connectivity index (χ1n) is 9.61. The van der Waals surface area contributed by atoms with E-state index in [1.807, 2.05) is 54.6 Å². The van der Waals surface area contributed by atoms with Crippen LogP contribution in [-0.4, -0.2) is 11.8 Å². The Kier molecular flexibility index (Phi) is 2.99. The lowest BCUT2D eigenvalue weighted by atomic mass is 9.63. The van der Waals surface area contributed by atoms with Crippen molar-refractivity contribution in [3.63, 3.8) is 0 Å². The summed E-state index contributed by atoms with van der Waals surface area (Å²) in [7, 11) is 0. The SMILES string of the molecule is O=C1[C@@H]2[C@H]3C=C[C@@H]([C@@H]4C[C@H]34)[C@H]2C(=O)N1c1ccc(Oc2ccccc2)cc1. The van der Waals surface area contributed by atoms with E-state index in [4.69, 9.17) is 4.74 Å². The van der Waals surface area contributed by atoms with Crippen LogP contribution < -0.4 is 9.64 Å². The third-order valence-corrected chi connectivity index (χ3v) is 6.74. The molecular weight excluding hydrogens is 338 g/mol. The number of amides is 2. The molecule has 0 aromatic heterocycles. The van der Waals surface area contributed by atoms with Crippen LogP contribution in [0.15, 0.2) is 66.7 Å². The number of carbonyl (C=O) groups is 2. The van der Waals surface area contributed by atoms with Crippen molar-refractivity contribution >= 4 is 17.5 Å². The lowest BCUT2D eigenvalue weighted by molar-refractivity contribution is -0.124. The van der Waals surface area contributed by atoms with Gasteiger partial charge in [-0.3, -0.25) is 14.5 Å². The molecule has 1 heterocycles. The maximum atomic E-state index is 13.1. The summed E-state index contributed by atoms with van der Waals surface area (Å²) in [6, 6.07) is 16.8. The molecule has 0 spiro atoms. The number of allylic oxidation sites excluding steroid dienone is 2. The molecule has 3 fully saturated rings. The lowest BCUT2D eigenvalue weighted by Crippen LogP contribution is -2.40. The first-order valence-corrected chi connectivity index (χ1v) is 9.61. The molecule has 134 valence electrons. The van der Waals surface area contributed by atoms with Crippen LogP contribution in [0.3, 0.4) is 0 Å². The van der Waals surface area contributed by atoms with Gasteiger partial charge in [0.25, 0.3) is 0 Å². The van der Waals surface area contributed by atoms with Crippen LogP contribution in [0.5, 0.6) is 11.5 Å². The van der Waals surface area contributed by atoms with E-state index >= 15 is 0 Å². The third kappa shape index (κ3) is 2.10. The molecular formula is C23H19NO3. The maximum Gasteiger partial charge on any atom is 0.238 e. The van der Waals surface area contributed by atoms with E-state index in [-0.39, 0.29) is 35.5 Å². The molecule has 1 aliphatic heterocycles. The molecule has 2 aromatic carbocycles. The second-order valence-electron chi connectivity index (χ2n) is 8.08. The van der Waals surface area contributed by atoms with Gasteiger partial charge in [0.1, 0.15) is 11.5 Å². The highest BCUT2D eigenvalue weighted by molar-refractivity contribution is 6.22. The minimum Gasteiger partial charge on any atom is -0.457 e. The number of hydrogen-bond acceptors (Lipinski definition) is 3. The molecule has 0 N–H and O–H groups in total. The zero-order valence-electron chi connectivity index (χ0n) is 14.7. The van der Waals surface area contributed by atoms with Gasteiger partial charge in [-0.15, -0.1) is 0 Å². The molecule has 4 nitrogen and oxygen atoms in total. The minimum absolute atomic E-state index is 0.0218. The summed E-state index contributed by atoms with van der Waals surface area (Å²) in [5, 5.41) is 0. The van der Waals surface area contributed by atoms with Gasteiger partial charge < -0.3 is 4.74 Å². The standard InChI is InChI=1S/C23H19NO3/c25-22-20-16-10-11-17(19-12-18(16)19)21(20)23(26)24(22)13-6-8-15(9-7-13)27-14-4-2-1-3-5-14/h1-11,16-21H,12H2/t16-,17-,18-,19+,20+,21+/m0/s1. The predicted molar refractivity (Wildman–Crippen MR) is 100 cm³/mol. The summed E-state index contributed by atoms with van der Waals surface area (Å²) in [5.74, 6) is 2.85. The van der Waals surface area contributed by atoms with Gasteiger partial charge >= 0.3 is 0 Å². The van der Waals surface area contributed by atoms with Crippen molar-refractivity contribution in [3.05, 3.63) is 66.7 Å². The van der Waals surface area contributed by atoms with Crippen molar-refractivity contribution < 1.29 is 14.3 Å². The van der Waals surface area contributed by atoms with Crippen molar-refractivity contribution in [2.45, 2.75) is 6.42 Å². The van der Waals surface area contributed by atoms with E-state index in [1.54, 1.807) is 0 Å². The van der Waals surface area contributed by atoms with E-state index in [1.165, 1.54) is 11.3 Å². The molecule has 4 aliphatic carbocycles. The summed E-state index contributed by atoms with van der Waals surface area (Å²) in [4.78, 5) is 27.7. The van der Waals surface area contributed by atoms with E-state index in [0.29, 0.717) is 23.3 Å². The van der Waals surface area contributed by atoms with Crippen molar-refractivity contribution in [1.29, 1.82) is 0 Å². The molecule has 5 aliphatic rings. The van der Waals surface area contributed by atoms with Crippen LogP contribution in [-0.2, 0) is 9.59 Å². The summed E-state index contributed by atoms with van der Waals surface area (Å²) >= 11 is 0. The van der Waals surface area contributed by atoms with Crippen LogP contribution in [0.25, 0.3) is 0 Å². The van der Waals surface area contributed by atoms with Crippen LogP contribution in [0.4, 0.5) is 5.69 Å². The van der Waals surface area contributed by atoms with Gasteiger partial charge in [0.15, 0.2) is 0 Å². The Hall–Kier alpha value is -2.88. The van der Waals surface area contributed by atoms with E-state index in [9.17, 15) is 9.59 Å². The van der Waals surface area contributed by atoms with Crippen molar-refractivity contribution in [1.82, 2.24) is 0 Å². The van der Waals surface area contributed by atoms with Crippen LogP contribution in [0.2, 0.25) is 0 Å². The summed E-state index contributed by atoms with van der Waals surface area (Å²) in [6.45, 7) is 0. The average molecular weight is 357 g/mol. The largest absolute Gasteiger partial charge is 0.457 e. The van der Waals surface area contributed by atoms with Gasteiger partial charge in [-0.2, -0.15) is 0 Å². The van der Waals surface area contributed by atoms with Crippen LogP contribution in [0, 0.1) is 35.5 Å². The van der Waals surface area contributed by atoms with E-state index in [2.05, 4.69) is 12.2 Å². The molecule has 0 radical (unpaired) electrons. The molecule has 4 heteroatoms. The first kappa shape index (κ1) is 15.2. The number of carbonyl (C=O) groups excluding carboxylic acids is 2. The maximum absolute atomic E-state index is 13.1. The second-order valence-corrected chi connectivity index (χ2v) is 8.08. The molecule has 2 saturated carbocycles. The zero-order valence-corrected chi connectivity index (χ0v) is 14.7. The normalized spacial score (nSPS) is 35.2. The fraction of sp³-hybridized carbons (Fsp3) is 0.304. The number of ether oxygens (including phenoxy) is 1. The Morgan fingerprint density at radius 3 is 1.89 bits per heavy atom. The summed E-state index contributed by atoms with van der Waals surface area (Å²) in [5.41, 5.74) is 0.646. The molecule has 2 aromatic rings. The van der Waals surface area contributed by atoms with Crippen molar-refractivity contribution in [2.75, 3.05) is 4.90 Å².